The Labute approximate surface area is 251 Å². The van der Waals surface area contributed by atoms with E-state index in [0.717, 1.165) is 11.3 Å². The molecule has 9 heteroatoms. The number of furan rings is 1. The number of hydrazone groups is 1. The van der Waals surface area contributed by atoms with Gasteiger partial charge in [0.2, 0.25) is 0 Å². The third-order valence-corrected chi connectivity index (χ3v) is 7.13. The van der Waals surface area contributed by atoms with Crippen molar-refractivity contribution in [3.05, 3.63) is 135 Å². The van der Waals surface area contributed by atoms with E-state index in [1.54, 1.807) is 24.3 Å². The third-order valence-electron chi connectivity index (χ3n) is 6.26. The molecule has 1 N–H and O–H groups in total. The summed E-state index contributed by atoms with van der Waals surface area (Å²) in [6, 6.07) is 28.6. The van der Waals surface area contributed by atoms with E-state index in [1.807, 2.05) is 54.6 Å². The highest BCUT2D eigenvalue weighted by Crippen LogP contribution is 2.34. The van der Waals surface area contributed by atoms with Gasteiger partial charge in [0.05, 0.1) is 15.7 Å². The molecule has 2 heterocycles. The molecule has 3 aromatic carbocycles. The van der Waals surface area contributed by atoms with Crippen molar-refractivity contribution in [2.45, 2.75) is 27.1 Å². The molecular weight excluding hydrogens is 606 g/mol. The van der Waals surface area contributed by atoms with Gasteiger partial charge in [-0.3, -0.25) is 4.79 Å². The van der Waals surface area contributed by atoms with Crippen molar-refractivity contribution < 1.29 is 18.7 Å². The van der Waals surface area contributed by atoms with E-state index < -0.39 is 5.91 Å². The minimum atomic E-state index is -0.484. The quantitative estimate of drug-likeness (QED) is 0.125. The van der Waals surface area contributed by atoms with Crippen LogP contribution in [0.15, 0.2) is 105 Å². The number of hydrogen-bond donors (Lipinski definition) is 1. The van der Waals surface area contributed by atoms with Gasteiger partial charge in [0, 0.05) is 17.1 Å². The van der Waals surface area contributed by atoms with E-state index in [4.69, 9.17) is 25.5 Å². The second-order valence-corrected chi connectivity index (χ2v) is 10.5. The molecule has 41 heavy (non-hydrogen) atoms. The van der Waals surface area contributed by atoms with Crippen molar-refractivity contribution in [1.82, 2.24) is 9.99 Å². The summed E-state index contributed by atoms with van der Waals surface area (Å²) in [7, 11) is 0. The lowest BCUT2D eigenvalue weighted by atomic mass is 10.2. The van der Waals surface area contributed by atoms with Crippen molar-refractivity contribution in [2.75, 3.05) is 0 Å². The lowest BCUT2D eigenvalue weighted by molar-refractivity contribution is 0.0923. The van der Waals surface area contributed by atoms with Gasteiger partial charge in [-0.15, -0.1) is 0 Å². The molecule has 5 aromatic rings. The van der Waals surface area contributed by atoms with Crippen molar-refractivity contribution in [1.29, 1.82) is 0 Å². The summed E-state index contributed by atoms with van der Waals surface area (Å²) in [4.78, 5) is 12.5. The molecule has 7 nitrogen and oxygen atoms in total. The zero-order valence-electron chi connectivity index (χ0n) is 22.4. The largest absolute Gasteiger partial charge is 0.486 e. The zero-order valence-corrected chi connectivity index (χ0v) is 24.8. The minimum absolute atomic E-state index is 0.124. The Hall–Kier alpha value is -4.27. The number of nitrogens with zero attached hydrogens (tertiary/aromatic N) is 2. The van der Waals surface area contributed by atoms with E-state index >= 15 is 0 Å². The molecule has 0 aliphatic heterocycles. The lowest BCUT2D eigenvalue weighted by Crippen LogP contribution is -2.16. The van der Waals surface area contributed by atoms with Crippen LogP contribution in [0.4, 0.5) is 0 Å². The van der Waals surface area contributed by atoms with Crippen LogP contribution in [0.5, 0.6) is 11.5 Å². The normalized spacial score (nSPS) is 11.1. The fourth-order valence-electron chi connectivity index (χ4n) is 4.24. The van der Waals surface area contributed by atoms with Crippen LogP contribution in [-0.2, 0) is 13.2 Å². The predicted octanol–water partition coefficient (Wildman–Crippen LogP) is 8.02. The second kappa shape index (κ2) is 12.9. The average Bonchev–Trinajstić information content (AvgIpc) is 3.58. The van der Waals surface area contributed by atoms with Gasteiger partial charge in [0.1, 0.15) is 24.7 Å². The van der Waals surface area contributed by atoms with Gasteiger partial charge in [-0.25, -0.2) is 5.43 Å². The molecule has 208 valence electrons. The van der Waals surface area contributed by atoms with Crippen LogP contribution < -0.4 is 14.9 Å². The molecule has 1 amide bonds. The highest BCUT2D eigenvalue weighted by molar-refractivity contribution is 9.10. The Morgan fingerprint density at radius 1 is 0.951 bits per heavy atom. The number of ether oxygens (including phenoxy) is 2. The number of amides is 1. The van der Waals surface area contributed by atoms with Crippen molar-refractivity contribution in [2.24, 2.45) is 5.10 Å². The first-order valence-electron chi connectivity index (χ1n) is 12.8. The second-order valence-electron chi connectivity index (χ2n) is 9.29. The number of aromatic nitrogens is 1. The Morgan fingerprint density at radius 3 is 2.39 bits per heavy atom. The van der Waals surface area contributed by atoms with Crippen molar-refractivity contribution >= 4 is 39.7 Å². The molecule has 5 rings (SSSR count). The molecule has 0 bridgehead atoms. The maximum absolute atomic E-state index is 12.5. The molecule has 0 atom stereocenters. The van der Waals surface area contributed by atoms with Gasteiger partial charge >= 0.3 is 5.91 Å². The molecule has 0 spiro atoms. The molecule has 0 unspecified atom stereocenters. The van der Waals surface area contributed by atoms with E-state index in [1.165, 1.54) is 17.6 Å². The summed E-state index contributed by atoms with van der Waals surface area (Å²) in [6.07, 6.45) is 1.49. The molecule has 0 radical (unpaired) electrons. The first-order valence-corrected chi connectivity index (χ1v) is 14.0. The van der Waals surface area contributed by atoms with Gasteiger partial charge in [-0.05, 0) is 102 Å². The first kappa shape index (κ1) is 28.3. The fourth-order valence-corrected chi connectivity index (χ4v) is 5.23. The Kier molecular flexibility index (Phi) is 8.91. The Balaban J connectivity index is 1.13. The highest BCUT2D eigenvalue weighted by Gasteiger charge is 2.12. The minimum Gasteiger partial charge on any atom is -0.486 e. The van der Waals surface area contributed by atoms with Crippen LogP contribution >= 0.6 is 27.5 Å². The van der Waals surface area contributed by atoms with Crippen LogP contribution in [0.1, 0.15) is 38.8 Å². The first-order chi connectivity index (χ1) is 19.9. The van der Waals surface area contributed by atoms with Crippen LogP contribution in [0, 0.1) is 13.8 Å². The maximum atomic E-state index is 12.5. The lowest BCUT2D eigenvalue weighted by Gasteiger charge is -2.11. The van der Waals surface area contributed by atoms with E-state index in [0.29, 0.717) is 38.9 Å². The number of halogens is 2. The summed E-state index contributed by atoms with van der Waals surface area (Å²) in [5.74, 6) is 1.39. The van der Waals surface area contributed by atoms with Crippen molar-refractivity contribution in [3.8, 4) is 17.2 Å². The third kappa shape index (κ3) is 7.09. The molecule has 0 saturated heterocycles. The number of carbonyl (C=O) groups is 1. The number of carbonyl (C=O) groups excluding carboxylic acids is 1. The topological polar surface area (TPSA) is 78.0 Å². The van der Waals surface area contributed by atoms with E-state index in [2.05, 4.69) is 57.0 Å². The average molecular weight is 633 g/mol. The van der Waals surface area contributed by atoms with E-state index in [-0.39, 0.29) is 12.4 Å². The van der Waals surface area contributed by atoms with Gasteiger partial charge in [-0.1, -0.05) is 41.9 Å². The van der Waals surface area contributed by atoms with Crippen LogP contribution in [0.2, 0.25) is 5.02 Å². The Morgan fingerprint density at radius 2 is 1.68 bits per heavy atom. The summed E-state index contributed by atoms with van der Waals surface area (Å²) in [6.45, 7) is 4.72. The monoisotopic (exact) mass is 631 g/mol. The van der Waals surface area contributed by atoms with Gasteiger partial charge < -0.3 is 18.5 Å². The number of benzene rings is 3. The van der Waals surface area contributed by atoms with Crippen LogP contribution in [0.3, 0.4) is 0 Å². The van der Waals surface area contributed by atoms with Gasteiger partial charge in [0.25, 0.3) is 0 Å². The van der Waals surface area contributed by atoms with Crippen LogP contribution in [0.25, 0.3) is 5.69 Å². The number of hydrogen-bond acceptors (Lipinski definition) is 5. The number of aryl methyl sites for hydroxylation is 2. The smallest absolute Gasteiger partial charge is 0.307 e. The molecule has 0 aliphatic rings. The summed E-state index contributed by atoms with van der Waals surface area (Å²) in [5, 5.41) is 4.45. The Bertz CT molecular complexity index is 1630. The molecule has 0 aliphatic carbocycles. The maximum Gasteiger partial charge on any atom is 0.307 e. The van der Waals surface area contributed by atoms with Gasteiger partial charge in [0.15, 0.2) is 11.5 Å². The van der Waals surface area contributed by atoms with Crippen molar-refractivity contribution in [3.63, 3.8) is 0 Å². The van der Waals surface area contributed by atoms with E-state index in [9.17, 15) is 4.79 Å². The molecule has 2 aromatic heterocycles. The standard InChI is InChI=1S/C32H27BrClN3O4/c1-21-8-9-22(2)37(21)25-10-12-26(13-11-25)39-20-27-14-15-30(41-27)32(38)36-35-18-24-16-28(33)31(29(34)17-24)40-19-23-6-4-3-5-7-23/h3-18H,19-20H2,1-2H3,(H,36,38)/b35-18+. The molecule has 0 saturated carbocycles. The zero-order chi connectivity index (χ0) is 28.8. The fraction of sp³-hybridized carbons (Fsp3) is 0.125. The molecular formula is C32H27BrClN3O4. The summed E-state index contributed by atoms with van der Waals surface area (Å²) < 4.78 is 20.2. The van der Waals surface area contributed by atoms with Crippen LogP contribution in [-0.4, -0.2) is 16.7 Å². The van der Waals surface area contributed by atoms with Gasteiger partial charge in [-0.2, -0.15) is 5.10 Å². The summed E-state index contributed by atoms with van der Waals surface area (Å²) >= 11 is 9.92. The number of rotatable bonds is 10. The number of nitrogens with one attached hydrogen (secondary N) is 1. The predicted molar refractivity (Wildman–Crippen MR) is 163 cm³/mol. The summed E-state index contributed by atoms with van der Waals surface area (Å²) in [5.41, 5.74) is 7.58. The highest BCUT2D eigenvalue weighted by atomic mass is 79.9. The molecule has 0 fully saturated rings. The SMILES string of the molecule is Cc1ccc(C)n1-c1ccc(OCc2ccc(C(=O)N/N=C/c3cc(Cl)c(OCc4ccccc4)c(Br)c3)o2)cc1.